The molecule has 2 N–H and O–H groups in total. The van der Waals surface area contributed by atoms with Gasteiger partial charge in [0.2, 0.25) is 0 Å². The molecule has 1 rings (SSSR count). The molecular weight excluding hydrogens is 172 g/mol. The summed E-state index contributed by atoms with van der Waals surface area (Å²) >= 11 is 0. The molecule has 0 aromatic carbocycles. The molecule has 14 heavy (non-hydrogen) atoms. The fraction of sp³-hybridized carbons (Fsp3) is 1.00. The highest BCUT2D eigenvalue weighted by atomic mass is 15.2. The second-order valence-corrected chi connectivity index (χ2v) is 5.07. The molecule has 0 saturated carbocycles. The van der Waals surface area contributed by atoms with Gasteiger partial charge in [0, 0.05) is 12.6 Å². The number of hydrogen-bond donors (Lipinski definition) is 1. The van der Waals surface area contributed by atoms with Crippen molar-refractivity contribution in [3.05, 3.63) is 0 Å². The first-order chi connectivity index (χ1) is 6.65. The lowest BCUT2D eigenvalue weighted by molar-refractivity contribution is 0.103. The van der Waals surface area contributed by atoms with Crippen molar-refractivity contribution in [1.82, 2.24) is 4.90 Å². The van der Waals surface area contributed by atoms with E-state index in [9.17, 15) is 0 Å². The molecule has 1 aliphatic rings. The van der Waals surface area contributed by atoms with Crippen molar-refractivity contribution in [1.29, 1.82) is 0 Å². The van der Waals surface area contributed by atoms with Crippen LogP contribution in [-0.2, 0) is 0 Å². The minimum atomic E-state index is 0.732. The third-order valence-electron chi connectivity index (χ3n) is 3.67. The largest absolute Gasteiger partial charge is 0.330 e. The maximum absolute atomic E-state index is 5.62. The predicted octanol–water partition coefficient (Wildman–Crippen LogP) is 2.09. The van der Waals surface area contributed by atoms with E-state index in [-0.39, 0.29) is 0 Å². The Morgan fingerprint density at radius 2 is 2.07 bits per heavy atom. The van der Waals surface area contributed by atoms with Gasteiger partial charge in [-0.2, -0.15) is 0 Å². The van der Waals surface area contributed by atoms with Crippen LogP contribution in [0.1, 0.15) is 40.0 Å². The first-order valence-corrected chi connectivity index (χ1v) is 6.09. The van der Waals surface area contributed by atoms with Crippen LogP contribution in [0.15, 0.2) is 0 Å². The molecule has 0 aliphatic carbocycles. The molecule has 1 aliphatic heterocycles. The zero-order valence-corrected chi connectivity index (χ0v) is 10.00. The summed E-state index contributed by atoms with van der Waals surface area (Å²) in [5.74, 6) is 1.63. The molecule has 0 aromatic rings. The van der Waals surface area contributed by atoms with Crippen molar-refractivity contribution < 1.29 is 0 Å². The Balaban J connectivity index is 2.39. The highest BCUT2D eigenvalue weighted by Crippen LogP contribution is 2.22. The zero-order chi connectivity index (χ0) is 10.6. The van der Waals surface area contributed by atoms with Gasteiger partial charge in [-0.05, 0) is 51.1 Å². The highest BCUT2D eigenvalue weighted by molar-refractivity contribution is 4.78. The molecule has 0 amide bonds. The first kappa shape index (κ1) is 12.0. The highest BCUT2D eigenvalue weighted by Gasteiger charge is 2.24. The van der Waals surface area contributed by atoms with E-state index < -0.39 is 0 Å². The first-order valence-electron chi connectivity index (χ1n) is 6.09. The smallest absolute Gasteiger partial charge is 0.00900 e. The van der Waals surface area contributed by atoms with Crippen molar-refractivity contribution in [2.24, 2.45) is 17.6 Å². The van der Waals surface area contributed by atoms with E-state index in [4.69, 9.17) is 5.73 Å². The van der Waals surface area contributed by atoms with Crippen LogP contribution < -0.4 is 5.73 Å². The maximum atomic E-state index is 5.62. The van der Waals surface area contributed by atoms with Crippen molar-refractivity contribution in [2.45, 2.75) is 46.1 Å². The van der Waals surface area contributed by atoms with E-state index in [1.165, 1.54) is 32.4 Å². The molecule has 0 bridgehead atoms. The molecule has 0 spiro atoms. The molecular formula is C12H26N2. The lowest BCUT2D eigenvalue weighted by atomic mass is 9.92. The van der Waals surface area contributed by atoms with Gasteiger partial charge in [-0.3, -0.25) is 0 Å². The van der Waals surface area contributed by atoms with Crippen LogP contribution in [0.5, 0.6) is 0 Å². The van der Waals surface area contributed by atoms with Gasteiger partial charge in [0.25, 0.3) is 0 Å². The zero-order valence-electron chi connectivity index (χ0n) is 10.00. The van der Waals surface area contributed by atoms with Crippen LogP contribution in [0.3, 0.4) is 0 Å². The van der Waals surface area contributed by atoms with Crippen LogP contribution >= 0.6 is 0 Å². The average Bonchev–Trinajstić information content (AvgIpc) is 2.17. The number of nitrogens with two attached hydrogens (primary N) is 1. The Bertz CT molecular complexity index is 154. The van der Waals surface area contributed by atoms with Crippen LogP contribution in [-0.4, -0.2) is 30.6 Å². The summed E-state index contributed by atoms with van der Waals surface area (Å²) in [7, 11) is 0. The molecule has 2 atom stereocenters. The van der Waals surface area contributed by atoms with E-state index in [1.54, 1.807) is 0 Å². The van der Waals surface area contributed by atoms with Crippen LogP contribution in [0.2, 0.25) is 0 Å². The summed E-state index contributed by atoms with van der Waals surface area (Å²) in [5.41, 5.74) is 5.62. The predicted molar refractivity (Wildman–Crippen MR) is 62.3 cm³/mol. The van der Waals surface area contributed by atoms with Gasteiger partial charge in [0.05, 0.1) is 0 Å². The van der Waals surface area contributed by atoms with Gasteiger partial charge in [-0.15, -0.1) is 0 Å². The fourth-order valence-corrected chi connectivity index (χ4v) is 2.36. The summed E-state index contributed by atoms with van der Waals surface area (Å²) in [6, 6.07) is 0.732. The summed E-state index contributed by atoms with van der Waals surface area (Å²) in [4.78, 5) is 2.65. The SMILES string of the molecule is CC(C)C(C)N1CCCC(CCN)C1. The van der Waals surface area contributed by atoms with Gasteiger partial charge in [0.1, 0.15) is 0 Å². The van der Waals surface area contributed by atoms with E-state index in [1.807, 2.05) is 0 Å². The van der Waals surface area contributed by atoms with E-state index in [0.29, 0.717) is 0 Å². The minimum absolute atomic E-state index is 0.732. The Morgan fingerprint density at radius 1 is 1.36 bits per heavy atom. The number of likely N-dealkylation sites (tertiary alicyclic amines) is 1. The van der Waals surface area contributed by atoms with Gasteiger partial charge in [-0.1, -0.05) is 13.8 Å². The van der Waals surface area contributed by atoms with Gasteiger partial charge in [-0.25, -0.2) is 0 Å². The normalized spacial score (nSPS) is 26.8. The van der Waals surface area contributed by atoms with E-state index in [0.717, 1.165) is 24.4 Å². The van der Waals surface area contributed by atoms with Gasteiger partial charge in [0.15, 0.2) is 0 Å². The summed E-state index contributed by atoms with van der Waals surface area (Å²) in [6.45, 7) is 10.4. The molecule has 0 radical (unpaired) electrons. The van der Waals surface area contributed by atoms with Crippen LogP contribution in [0, 0.1) is 11.8 Å². The number of piperidine rings is 1. The van der Waals surface area contributed by atoms with Crippen molar-refractivity contribution >= 4 is 0 Å². The van der Waals surface area contributed by atoms with Crippen LogP contribution in [0.25, 0.3) is 0 Å². The molecule has 2 unspecified atom stereocenters. The topological polar surface area (TPSA) is 29.3 Å². The Morgan fingerprint density at radius 3 is 2.64 bits per heavy atom. The maximum Gasteiger partial charge on any atom is 0.00900 e. The van der Waals surface area contributed by atoms with Crippen molar-refractivity contribution in [2.75, 3.05) is 19.6 Å². The average molecular weight is 198 g/mol. The molecule has 2 nitrogen and oxygen atoms in total. The lowest BCUT2D eigenvalue weighted by Crippen LogP contribution is -2.43. The molecule has 1 fully saturated rings. The summed E-state index contributed by atoms with van der Waals surface area (Å²) in [6.07, 6.45) is 3.96. The number of rotatable bonds is 4. The Hall–Kier alpha value is -0.0800. The second-order valence-electron chi connectivity index (χ2n) is 5.07. The van der Waals surface area contributed by atoms with E-state index >= 15 is 0 Å². The molecule has 0 aromatic heterocycles. The Labute approximate surface area is 88.8 Å². The standard InChI is InChI=1S/C12H26N2/c1-10(2)11(3)14-8-4-5-12(9-14)6-7-13/h10-12H,4-9,13H2,1-3H3. The third-order valence-corrected chi connectivity index (χ3v) is 3.67. The van der Waals surface area contributed by atoms with Crippen molar-refractivity contribution in [3.8, 4) is 0 Å². The molecule has 84 valence electrons. The summed E-state index contributed by atoms with van der Waals surface area (Å²) < 4.78 is 0. The quantitative estimate of drug-likeness (QED) is 0.749. The van der Waals surface area contributed by atoms with Gasteiger partial charge >= 0.3 is 0 Å². The summed E-state index contributed by atoms with van der Waals surface area (Å²) in [5, 5.41) is 0. The monoisotopic (exact) mass is 198 g/mol. The molecule has 2 heteroatoms. The van der Waals surface area contributed by atoms with Crippen LogP contribution in [0.4, 0.5) is 0 Å². The fourth-order valence-electron chi connectivity index (χ4n) is 2.36. The molecule has 1 heterocycles. The number of hydrogen-bond acceptors (Lipinski definition) is 2. The third kappa shape index (κ3) is 3.25. The van der Waals surface area contributed by atoms with Crippen molar-refractivity contribution in [3.63, 3.8) is 0 Å². The minimum Gasteiger partial charge on any atom is -0.330 e. The lowest BCUT2D eigenvalue weighted by Gasteiger charge is -2.38. The molecule has 1 saturated heterocycles. The number of nitrogens with zero attached hydrogens (tertiary/aromatic N) is 1. The van der Waals surface area contributed by atoms with Gasteiger partial charge < -0.3 is 10.6 Å². The van der Waals surface area contributed by atoms with E-state index in [2.05, 4.69) is 25.7 Å². The Kier molecular flexibility index (Phi) is 4.90. The second kappa shape index (κ2) is 5.72.